The fraction of sp³-hybridized carbons (Fsp3) is 0.389. The first-order valence-corrected chi connectivity index (χ1v) is 8.79. The van der Waals surface area contributed by atoms with Gasteiger partial charge in [-0.15, -0.1) is 0 Å². The van der Waals surface area contributed by atoms with Crippen molar-refractivity contribution in [2.24, 2.45) is 11.8 Å². The summed E-state index contributed by atoms with van der Waals surface area (Å²) in [7, 11) is 0. The van der Waals surface area contributed by atoms with Crippen molar-refractivity contribution < 1.29 is 9.53 Å². The van der Waals surface area contributed by atoms with Crippen LogP contribution in [0.15, 0.2) is 40.9 Å². The molecule has 2 aliphatic rings. The molecule has 0 radical (unpaired) electrons. The summed E-state index contributed by atoms with van der Waals surface area (Å²) in [6.07, 6.45) is 0. The fourth-order valence-electron chi connectivity index (χ4n) is 3.58. The summed E-state index contributed by atoms with van der Waals surface area (Å²) in [5.74, 6) is 2.08. The zero-order valence-corrected chi connectivity index (χ0v) is 14.4. The van der Waals surface area contributed by atoms with Crippen LogP contribution in [0.5, 0.6) is 5.75 Å². The fourth-order valence-corrected chi connectivity index (χ4v) is 3.96. The number of carbonyl (C=O) groups excluding carboxylic acids is 1. The maximum Gasteiger partial charge on any atom is 0.260 e. The molecule has 2 heterocycles. The standard InChI is InChI=1S/C18H19BrN2O2/c19-16-3-1-13-6-17(4-2-12(13)5-16)23-11-18(22)21-9-14-7-20-8-15(14)10-21/h1-6,14-15,20H,7-11H2/t14-,15+. The van der Waals surface area contributed by atoms with Crippen LogP contribution in [0.1, 0.15) is 0 Å². The zero-order chi connectivity index (χ0) is 15.8. The van der Waals surface area contributed by atoms with E-state index in [1.54, 1.807) is 0 Å². The summed E-state index contributed by atoms with van der Waals surface area (Å²) in [6.45, 7) is 3.93. The highest BCUT2D eigenvalue weighted by Gasteiger charge is 2.37. The predicted molar refractivity (Wildman–Crippen MR) is 93.6 cm³/mol. The van der Waals surface area contributed by atoms with Gasteiger partial charge in [0, 0.05) is 30.7 Å². The van der Waals surface area contributed by atoms with E-state index >= 15 is 0 Å². The van der Waals surface area contributed by atoms with Crippen molar-refractivity contribution in [1.82, 2.24) is 10.2 Å². The number of fused-ring (bicyclic) bond motifs is 2. The Morgan fingerprint density at radius 2 is 1.83 bits per heavy atom. The number of likely N-dealkylation sites (tertiary alicyclic amines) is 1. The van der Waals surface area contributed by atoms with Crippen LogP contribution in [-0.4, -0.2) is 43.6 Å². The highest BCUT2D eigenvalue weighted by Crippen LogP contribution is 2.27. The van der Waals surface area contributed by atoms with Gasteiger partial charge in [-0.3, -0.25) is 4.79 Å². The molecule has 2 fully saturated rings. The molecule has 0 aromatic heterocycles. The SMILES string of the molecule is O=C(COc1ccc2cc(Br)ccc2c1)N1C[C@H]2CNC[C@H]2C1. The molecule has 0 spiro atoms. The van der Waals surface area contributed by atoms with Gasteiger partial charge in [-0.1, -0.05) is 28.1 Å². The van der Waals surface area contributed by atoms with Crippen LogP contribution < -0.4 is 10.1 Å². The van der Waals surface area contributed by atoms with Crippen LogP contribution in [-0.2, 0) is 4.79 Å². The Kier molecular flexibility index (Phi) is 3.99. The molecule has 2 aliphatic heterocycles. The Balaban J connectivity index is 1.39. The Hall–Kier alpha value is -1.59. The van der Waals surface area contributed by atoms with Crippen LogP contribution in [0.4, 0.5) is 0 Å². The molecule has 2 aromatic carbocycles. The molecule has 4 nitrogen and oxygen atoms in total. The van der Waals surface area contributed by atoms with Crippen LogP contribution >= 0.6 is 15.9 Å². The van der Waals surface area contributed by atoms with Crippen molar-refractivity contribution in [2.75, 3.05) is 32.8 Å². The number of carbonyl (C=O) groups is 1. The summed E-state index contributed by atoms with van der Waals surface area (Å²) >= 11 is 3.47. The van der Waals surface area contributed by atoms with Crippen LogP contribution in [0.3, 0.4) is 0 Å². The summed E-state index contributed by atoms with van der Waals surface area (Å²) in [6, 6.07) is 12.0. The molecular formula is C18H19BrN2O2. The molecule has 5 heteroatoms. The number of ether oxygens (including phenoxy) is 1. The van der Waals surface area contributed by atoms with Gasteiger partial charge in [0.05, 0.1) is 0 Å². The van der Waals surface area contributed by atoms with Crippen molar-refractivity contribution in [2.45, 2.75) is 0 Å². The number of rotatable bonds is 3. The lowest BCUT2D eigenvalue weighted by atomic mass is 10.0. The van der Waals surface area contributed by atoms with Gasteiger partial charge in [-0.25, -0.2) is 0 Å². The second-order valence-corrected chi connectivity index (χ2v) is 7.33. The molecule has 0 unspecified atom stereocenters. The predicted octanol–water partition coefficient (Wildman–Crippen LogP) is 2.66. The van der Waals surface area contributed by atoms with Crippen LogP contribution in [0, 0.1) is 11.8 Å². The first-order valence-electron chi connectivity index (χ1n) is 8.00. The van der Waals surface area contributed by atoms with Gasteiger partial charge in [-0.05, 0) is 46.9 Å². The van der Waals surface area contributed by atoms with E-state index in [-0.39, 0.29) is 12.5 Å². The van der Waals surface area contributed by atoms with E-state index in [4.69, 9.17) is 4.74 Å². The third-order valence-electron chi connectivity index (χ3n) is 4.88. The Morgan fingerprint density at radius 1 is 1.13 bits per heavy atom. The number of hydrogen-bond acceptors (Lipinski definition) is 3. The van der Waals surface area contributed by atoms with Gasteiger partial charge in [0.1, 0.15) is 5.75 Å². The Morgan fingerprint density at radius 3 is 2.61 bits per heavy atom. The van der Waals surface area contributed by atoms with Gasteiger partial charge < -0.3 is 15.0 Å². The molecule has 2 aromatic rings. The molecule has 2 atom stereocenters. The molecule has 0 aliphatic carbocycles. The average Bonchev–Trinajstić information content (AvgIpc) is 3.14. The first-order chi connectivity index (χ1) is 11.2. The van der Waals surface area contributed by atoms with E-state index in [1.807, 2.05) is 35.2 Å². The molecule has 23 heavy (non-hydrogen) atoms. The largest absolute Gasteiger partial charge is 0.484 e. The van der Waals surface area contributed by atoms with E-state index in [2.05, 4.69) is 27.3 Å². The third-order valence-corrected chi connectivity index (χ3v) is 5.37. The second-order valence-electron chi connectivity index (χ2n) is 6.42. The number of amides is 1. The van der Waals surface area contributed by atoms with Crippen molar-refractivity contribution >= 4 is 32.6 Å². The number of nitrogens with one attached hydrogen (secondary N) is 1. The molecule has 2 saturated heterocycles. The number of nitrogens with zero attached hydrogens (tertiary/aromatic N) is 1. The van der Waals surface area contributed by atoms with Crippen molar-refractivity contribution in [3.05, 3.63) is 40.9 Å². The topological polar surface area (TPSA) is 41.6 Å². The normalized spacial score (nSPS) is 23.3. The van der Waals surface area contributed by atoms with E-state index in [0.29, 0.717) is 11.8 Å². The van der Waals surface area contributed by atoms with E-state index < -0.39 is 0 Å². The van der Waals surface area contributed by atoms with Crippen molar-refractivity contribution in [3.63, 3.8) is 0 Å². The minimum atomic E-state index is 0.0929. The Labute approximate surface area is 143 Å². The minimum Gasteiger partial charge on any atom is -0.484 e. The lowest BCUT2D eigenvalue weighted by molar-refractivity contribution is -0.132. The van der Waals surface area contributed by atoms with Gasteiger partial charge >= 0.3 is 0 Å². The molecule has 1 N–H and O–H groups in total. The summed E-state index contributed by atoms with van der Waals surface area (Å²) in [5.41, 5.74) is 0. The summed E-state index contributed by atoms with van der Waals surface area (Å²) < 4.78 is 6.78. The highest BCUT2D eigenvalue weighted by molar-refractivity contribution is 9.10. The quantitative estimate of drug-likeness (QED) is 0.897. The van der Waals surface area contributed by atoms with Gasteiger partial charge in [0.15, 0.2) is 6.61 Å². The monoisotopic (exact) mass is 374 g/mol. The maximum absolute atomic E-state index is 12.3. The van der Waals surface area contributed by atoms with E-state index in [0.717, 1.165) is 47.2 Å². The van der Waals surface area contributed by atoms with Crippen LogP contribution in [0.25, 0.3) is 10.8 Å². The number of halogens is 1. The van der Waals surface area contributed by atoms with Crippen molar-refractivity contribution in [1.29, 1.82) is 0 Å². The first kappa shape index (κ1) is 15.0. The van der Waals surface area contributed by atoms with Gasteiger partial charge in [0.2, 0.25) is 0 Å². The number of hydrogen-bond donors (Lipinski definition) is 1. The molecule has 1 amide bonds. The summed E-state index contributed by atoms with van der Waals surface area (Å²) in [5, 5.41) is 5.65. The minimum absolute atomic E-state index is 0.0929. The van der Waals surface area contributed by atoms with Gasteiger partial charge in [-0.2, -0.15) is 0 Å². The second kappa shape index (κ2) is 6.13. The molecule has 4 rings (SSSR count). The zero-order valence-electron chi connectivity index (χ0n) is 12.8. The van der Waals surface area contributed by atoms with Crippen LogP contribution in [0.2, 0.25) is 0 Å². The number of benzene rings is 2. The summed E-state index contributed by atoms with van der Waals surface area (Å²) in [4.78, 5) is 14.3. The molecule has 0 bridgehead atoms. The maximum atomic E-state index is 12.3. The van der Waals surface area contributed by atoms with E-state index in [9.17, 15) is 4.79 Å². The lowest BCUT2D eigenvalue weighted by Gasteiger charge is -2.17. The molecular weight excluding hydrogens is 356 g/mol. The van der Waals surface area contributed by atoms with Gasteiger partial charge in [0.25, 0.3) is 5.91 Å². The third kappa shape index (κ3) is 3.08. The lowest BCUT2D eigenvalue weighted by Crippen LogP contribution is -2.35. The molecule has 120 valence electrons. The highest BCUT2D eigenvalue weighted by atomic mass is 79.9. The van der Waals surface area contributed by atoms with E-state index in [1.165, 1.54) is 0 Å². The van der Waals surface area contributed by atoms with Crippen molar-refractivity contribution in [3.8, 4) is 5.75 Å². The smallest absolute Gasteiger partial charge is 0.260 e. The average molecular weight is 375 g/mol. The Bertz CT molecular complexity index is 737. The molecule has 0 saturated carbocycles.